The molecule has 117 heavy (non-hydrogen) atoms. The molecule has 0 saturated carbocycles. The predicted octanol–water partition coefficient (Wildman–Crippen LogP) is 15.2. The van der Waals surface area contributed by atoms with Gasteiger partial charge in [0, 0.05) is 75.1 Å². The number of carboxylic acids is 4. The third kappa shape index (κ3) is 29.7. The summed E-state index contributed by atoms with van der Waals surface area (Å²) < 4.78 is 124. The fourth-order valence-corrected chi connectivity index (χ4v) is 12.1. The van der Waals surface area contributed by atoms with Crippen LogP contribution in [0.1, 0.15) is 92.8 Å². The van der Waals surface area contributed by atoms with Gasteiger partial charge in [-0.25, -0.2) is 35.1 Å². The van der Waals surface area contributed by atoms with E-state index in [1.807, 2.05) is 0 Å². The SMILES string of the molecule is C1CCOC1.C1CCOC1.C1CCOC1.C1CCOC1.O.O=C([O-])c1c(-c2ccc(F)cc2)cccc1-c1ccc(F)cc1.O=C([O-])c1c(-c2ccc(F)cc2)cccc1-c1ccc(F)cc1.O=C([O-])c1c(-c2ccc(F)cc2)cccc1-c1ccc(F)cc1.O=C([O-])c1c(-c2ccc(F)cc2)cccc1-c1ccc(F)cc1.[Fe+2].[Fe+2].[OH3+].[OH3+]. The Hall–Kier alpha value is -11.3. The molecule has 12 aromatic carbocycles. The molecule has 0 amide bonds. The third-order valence-electron chi connectivity index (χ3n) is 17.6. The Morgan fingerprint density at radius 2 is 0.308 bits per heavy atom. The zero-order chi connectivity index (χ0) is 79.7. The fraction of sp³-hybridized carbons (Fsp3) is 0.174. The van der Waals surface area contributed by atoms with Crippen molar-refractivity contribution >= 4 is 23.9 Å². The monoisotopic (exact) mass is 1690 g/mol. The van der Waals surface area contributed by atoms with Crippen molar-refractivity contribution in [2.24, 2.45) is 0 Å². The van der Waals surface area contributed by atoms with Crippen LogP contribution in [0.2, 0.25) is 0 Å². The van der Waals surface area contributed by atoms with Gasteiger partial charge < -0.3 is 75.0 Å². The summed E-state index contributed by atoms with van der Waals surface area (Å²) in [6.45, 7) is 8.00. The number of carboxylic acid groups (broad SMARTS) is 4. The number of aromatic carboxylic acids is 4. The first-order valence-electron chi connectivity index (χ1n) is 36.0. The predicted molar refractivity (Wildman–Crippen MR) is 420 cm³/mol. The van der Waals surface area contributed by atoms with E-state index in [0.717, 1.165) is 52.9 Å². The first-order valence-corrected chi connectivity index (χ1v) is 36.0. The van der Waals surface area contributed by atoms with Crippen molar-refractivity contribution in [2.75, 3.05) is 52.9 Å². The third-order valence-corrected chi connectivity index (χ3v) is 17.6. The molecule has 612 valence electrons. The minimum Gasteiger partial charge on any atom is -0.545 e. The molecule has 0 bridgehead atoms. The number of rotatable bonds is 12. The van der Waals surface area contributed by atoms with Crippen molar-refractivity contribution in [1.29, 1.82) is 0 Å². The number of benzene rings is 12. The van der Waals surface area contributed by atoms with E-state index in [0.29, 0.717) is 89.0 Å². The normalized spacial score (nSPS) is 12.4. The second-order valence-electron chi connectivity index (χ2n) is 25.4. The molecule has 0 aromatic heterocycles. The summed E-state index contributed by atoms with van der Waals surface area (Å²) in [5.41, 5.74) is 7.86. The minimum absolute atomic E-state index is 0. The van der Waals surface area contributed by atoms with E-state index in [2.05, 4.69) is 0 Å². The van der Waals surface area contributed by atoms with Crippen molar-refractivity contribution in [3.63, 3.8) is 0 Å². The Labute approximate surface area is 693 Å². The molecule has 0 unspecified atom stereocenters. The molecule has 4 heterocycles. The van der Waals surface area contributed by atoms with Crippen molar-refractivity contribution < 1.29 is 144 Å². The second kappa shape index (κ2) is 50.9. The Morgan fingerprint density at radius 1 is 0.205 bits per heavy atom. The number of carbonyl (C=O) groups is 4. The van der Waals surface area contributed by atoms with Gasteiger partial charge >= 0.3 is 34.1 Å². The molecule has 0 radical (unpaired) electrons. The summed E-state index contributed by atoms with van der Waals surface area (Å²) in [5.74, 6) is -8.61. The van der Waals surface area contributed by atoms with E-state index >= 15 is 0 Å². The maximum atomic E-state index is 13.1. The van der Waals surface area contributed by atoms with Gasteiger partial charge in [-0.3, -0.25) is 0 Å². The summed E-state index contributed by atoms with van der Waals surface area (Å²) in [6, 6.07) is 64.1. The summed E-state index contributed by atoms with van der Waals surface area (Å²) in [7, 11) is 0. The van der Waals surface area contributed by atoms with E-state index in [1.165, 1.54) is 245 Å². The van der Waals surface area contributed by atoms with Gasteiger partial charge in [0.15, 0.2) is 0 Å². The van der Waals surface area contributed by atoms with Crippen LogP contribution in [0.25, 0.3) is 89.0 Å². The summed E-state index contributed by atoms with van der Waals surface area (Å²) in [5, 5.41) is 46.7. The van der Waals surface area contributed by atoms with Gasteiger partial charge in [-0.05, 0) is 237 Å². The molecule has 4 aliphatic heterocycles. The van der Waals surface area contributed by atoms with E-state index < -0.39 is 70.4 Å². The average Bonchev–Trinajstić information content (AvgIpc) is 1.71. The largest absolute Gasteiger partial charge is 2.00 e. The molecule has 16 rings (SSSR count). The topological polar surface area (TPSA) is 295 Å². The molecule has 8 N–H and O–H groups in total. The molecule has 0 spiro atoms. The van der Waals surface area contributed by atoms with Gasteiger partial charge in [-0.15, -0.1) is 0 Å². The molecule has 4 fully saturated rings. The van der Waals surface area contributed by atoms with Gasteiger partial charge in [-0.1, -0.05) is 170 Å². The van der Waals surface area contributed by atoms with Crippen LogP contribution in [-0.2, 0) is 64.0 Å². The van der Waals surface area contributed by atoms with Crippen LogP contribution < -0.4 is 20.4 Å². The Kier molecular flexibility index (Phi) is 42.7. The zero-order valence-electron chi connectivity index (χ0n) is 63.0. The second-order valence-corrected chi connectivity index (χ2v) is 25.4. The van der Waals surface area contributed by atoms with Crippen LogP contribution in [0.3, 0.4) is 0 Å². The summed E-state index contributed by atoms with van der Waals surface area (Å²) in [4.78, 5) is 46.7. The standard InChI is InChI=1S/4C19H12F2O2.4C4H8O.2Fe.3H2O/c4*20-14-8-4-12(5-9-14)16-2-1-3-17(18(16)19(22)23)13-6-10-15(21)11-7-13;4*1-2-4-5-3-1;;;;;/h4*1-11H,(H,22,23);4*1-4H2;;;3*1H2/q;;;;;;;;2*+2;;;/p-2. The molecule has 12 aromatic rings. The minimum atomic E-state index is -1.34. The molecule has 4 aliphatic rings. The van der Waals surface area contributed by atoms with Crippen LogP contribution in [-0.4, -0.2) is 82.2 Å². The van der Waals surface area contributed by atoms with Crippen LogP contribution >= 0.6 is 0 Å². The van der Waals surface area contributed by atoms with E-state index in [1.54, 1.807) is 72.8 Å². The number of ether oxygens (including phenoxy) is 4. The average molecular weight is 1690 g/mol. The number of carbonyl (C=O) groups excluding carboxylic acids is 4. The Balaban J connectivity index is 0.000000298. The van der Waals surface area contributed by atoms with Crippen LogP contribution in [0.5, 0.6) is 0 Å². The van der Waals surface area contributed by atoms with Gasteiger partial charge in [0.25, 0.3) is 0 Å². The van der Waals surface area contributed by atoms with E-state index in [-0.39, 0.29) is 72.8 Å². The van der Waals surface area contributed by atoms with Crippen LogP contribution in [0.4, 0.5) is 35.1 Å². The smallest absolute Gasteiger partial charge is 0.545 e. The summed E-state index contributed by atoms with van der Waals surface area (Å²) >= 11 is 0. The van der Waals surface area contributed by atoms with Crippen molar-refractivity contribution in [3.05, 3.63) is 336 Å². The van der Waals surface area contributed by atoms with E-state index in [9.17, 15) is 74.7 Å². The van der Waals surface area contributed by atoms with Crippen molar-refractivity contribution in [2.45, 2.75) is 51.4 Å². The molecule has 15 nitrogen and oxygen atoms in total. The molecular weight excluding hydrogens is 1610 g/mol. The first kappa shape index (κ1) is 98.1. The van der Waals surface area contributed by atoms with Gasteiger partial charge in [-0.2, -0.15) is 0 Å². The van der Waals surface area contributed by atoms with Gasteiger partial charge in [0.05, 0.1) is 23.9 Å². The van der Waals surface area contributed by atoms with E-state index in [4.69, 9.17) is 18.9 Å². The maximum Gasteiger partial charge on any atom is 2.00 e. The van der Waals surface area contributed by atoms with Crippen LogP contribution in [0.15, 0.2) is 267 Å². The first-order chi connectivity index (χ1) is 54.2. The Morgan fingerprint density at radius 3 is 0.385 bits per heavy atom. The van der Waals surface area contributed by atoms with Gasteiger partial charge in [0.1, 0.15) is 46.5 Å². The quantitative estimate of drug-likeness (QED) is 0.0626. The molecular formula is C92H84F8Fe2O15+2. The molecule has 0 aliphatic carbocycles. The number of halogens is 8. The van der Waals surface area contributed by atoms with Crippen molar-refractivity contribution in [3.8, 4) is 89.0 Å². The Bertz CT molecular complexity index is 4100. The molecule has 4 saturated heterocycles. The summed E-state index contributed by atoms with van der Waals surface area (Å²) in [6.07, 6.45) is 10.2. The molecule has 0 atom stereocenters. The molecule has 25 heteroatoms. The number of hydrogen-bond donors (Lipinski definition) is 0. The van der Waals surface area contributed by atoms with Gasteiger partial charge in [0.2, 0.25) is 0 Å². The van der Waals surface area contributed by atoms with Crippen molar-refractivity contribution in [1.82, 2.24) is 0 Å². The van der Waals surface area contributed by atoms with Crippen LogP contribution in [0, 0.1) is 46.5 Å². The maximum absolute atomic E-state index is 13.1. The number of hydrogen-bond acceptors (Lipinski definition) is 12. The zero-order valence-corrected chi connectivity index (χ0v) is 65.2. The fourth-order valence-electron chi connectivity index (χ4n) is 12.1.